The minimum Gasteiger partial charge on any atom is -0.462 e. The van der Waals surface area contributed by atoms with Crippen LogP contribution < -0.4 is 0 Å². The van der Waals surface area contributed by atoms with Crippen LogP contribution in [0.4, 0.5) is 0 Å². The van der Waals surface area contributed by atoms with Gasteiger partial charge >= 0.3 is 0 Å². The van der Waals surface area contributed by atoms with E-state index in [0.29, 0.717) is 5.76 Å². The topological polar surface area (TPSA) is 9.23 Å². The van der Waals surface area contributed by atoms with E-state index in [1.165, 1.54) is 5.56 Å². The first-order valence-electron chi connectivity index (χ1n) is 4.70. The molecule has 1 nitrogen and oxygen atoms in total. The Morgan fingerprint density at radius 2 is 1.86 bits per heavy atom. The predicted octanol–water partition coefficient (Wildman–Crippen LogP) is 3.91. The first-order chi connectivity index (χ1) is 6.63. The van der Waals surface area contributed by atoms with Gasteiger partial charge in [0.25, 0.3) is 0 Å². The highest BCUT2D eigenvalue weighted by Gasteiger charge is 1.99. The molecule has 0 aromatic heterocycles. The van der Waals surface area contributed by atoms with Crippen molar-refractivity contribution in [1.82, 2.24) is 0 Å². The van der Waals surface area contributed by atoms with E-state index in [1.54, 1.807) is 0 Å². The van der Waals surface area contributed by atoms with Crippen LogP contribution in [0.15, 0.2) is 42.7 Å². The molecule has 0 radical (unpaired) electrons. The molecule has 1 rings (SSSR count). The lowest BCUT2D eigenvalue weighted by atomic mass is 10.1. The van der Waals surface area contributed by atoms with Crippen molar-refractivity contribution in [2.24, 2.45) is 0 Å². The van der Waals surface area contributed by atoms with E-state index < -0.39 is 0 Å². The molecule has 0 spiro atoms. The molecule has 14 heavy (non-hydrogen) atoms. The molecule has 0 atom stereocenters. The van der Waals surface area contributed by atoms with Crippen molar-refractivity contribution in [3.63, 3.8) is 0 Å². The maximum Gasteiger partial charge on any atom is 0.126 e. The van der Waals surface area contributed by atoms with Crippen molar-refractivity contribution in [3.05, 3.63) is 53.8 Å². The monoisotopic (exact) mass is 188 g/mol. The smallest absolute Gasteiger partial charge is 0.126 e. The number of rotatable bonds is 3. The number of allylic oxidation sites excluding steroid dienone is 2. The SMILES string of the molecule is C=C(OC(C)=CC)c1ccc(C)cc1. The molecule has 0 aliphatic heterocycles. The summed E-state index contributed by atoms with van der Waals surface area (Å²) < 4.78 is 5.49. The number of benzene rings is 1. The second-order valence-electron chi connectivity index (χ2n) is 3.29. The zero-order valence-electron chi connectivity index (χ0n) is 9.00. The predicted molar refractivity (Wildman–Crippen MR) is 60.7 cm³/mol. The van der Waals surface area contributed by atoms with Crippen molar-refractivity contribution < 1.29 is 4.74 Å². The van der Waals surface area contributed by atoms with Gasteiger partial charge in [0.1, 0.15) is 5.76 Å². The van der Waals surface area contributed by atoms with Crippen LogP contribution in [-0.2, 0) is 4.74 Å². The molecule has 0 bridgehead atoms. The molecule has 0 aliphatic rings. The van der Waals surface area contributed by atoms with Crippen LogP contribution in [-0.4, -0.2) is 0 Å². The van der Waals surface area contributed by atoms with Gasteiger partial charge in [-0.3, -0.25) is 0 Å². The lowest BCUT2D eigenvalue weighted by Crippen LogP contribution is -1.88. The number of hydrogen-bond acceptors (Lipinski definition) is 1. The summed E-state index contributed by atoms with van der Waals surface area (Å²) in [4.78, 5) is 0. The fraction of sp³-hybridized carbons (Fsp3) is 0.231. The van der Waals surface area contributed by atoms with Crippen LogP contribution in [0.1, 0.15) is 25.0 Å². The van der Waals surface area contributed by atoms with Crippen molar-refractivity contribution >= 4 is 5.76 Å². The van der Waals surface area contributed by atoms with E-state index in [2.05, 4.69) is 25.6 Å². The summed E-state index contributed by atoms with van der Waals surface area (Å²) in [6.45, 7) is 9.80. The molecule has 1 heteroatoms. The largest absolute Gasteiger partial charge is 0.462 e. The van der Waals surface area contributed by atoms with E-state index in [9.17, 15) is 0 Å². The minimum atomic E-state index is 0.695. The Morgan fingerprint density at radius 3 is 2.36 bits per heavy atom. The molecule has 1 aromatic rings. The Morgan fingerprint density at radius 1 is 1.29 bits per heavy atom. The van der Waals surface area contributed by atoms with Crippen molar-refractivity contribution in [1.29, 1.82) is 0 Å². The minimum absolute atomic E-state index is 0.695. The first-order valence-corrected chi connectivity index (χ1v) is 4.70. The summed E-state index contributed by atoms with van der Waals surface area (Å²) in [6, 6.07) is 8.13. The summed E-state index contributed by atoms with van der Waals surface area (Å²) in [5.74, 6) is 1.57. The molecule has 0 unspecified atom stereocenters. The molecule has 1 aromatic carbocycles. The fourth-order valence-corrected chi connectivity index (χ4v) is 1.05. The van der Waals surface area contributed by atoms with Crippen molar-refractivity contribution in [3.8, 4) is 0 Å². The average Bonchev–Trinajstić information content (AvgIpc) is 2.18. The molecule has 0 saturated carbocycles. The standard InChI is InChI=1S/C13H16O/c1-5-11(3)14-12(4)13-8-6-10(2)7-9-13/h5-9H,4H2,1-3H3. The molecular formula is C13H16O. The van der Waals surface area contributed by atoms with Crippen LogP contribution in [0.5, 0.6) is 0 Å². The molecule has 0 saturated heterocycles. The van der Waals surface area contributed by atoms with Gasteiger partial charge in [-0.05, 0) is 26.8 Å². The van der Waals surface area contributed by atoms with Gasteiger partial charge in [-0.15, -0.1) is 0 Å². The zero-order chi connectivity index (χ0) is 10.6. The van der Waals surface area contributed by atoms with E-state index >= 15 is 0 Å². The summed E-state index contributed by atoms with van der Waals surface area (Å²) in [6.07, 6.45) is 1.92. The number of hydrogen-bond donors (Lipinski definition) is 0. The van der Waals surface area contributed by atoms with Crippen LogP contribution in [0.3, 0.4) is 0 Å². The Balaban J connectivity index is 2.75. The maximum atomic E-state index is 5.49. The third-order valence-electron chi connectivity index (χ3n) is 2.06. The molecule has 0 aliphatic carbocycles. The molecule has 0 heterocycles. The number of aryl methyl sites for hydroxylation is 1. The lowest BCUT2D eigenvalue weighted by molar-refractivity contribution is 0.385. The maximum absolute atomic E-state index is 5.49. The number of ether oxygens (including phenoxy) is 1. The van der Waals surface area contributed by atoms with E-state index in [4.69, 9.17) is 4.74 Å². The fourth-order valence-electron chi connectivity index (χ4n) is 1.05. The van der Waals surface area contributed by atoms with Crippen molar-refractivity contribution in [2.45, 2.75) is 20.8 Å². The highest BCUT2D eigenvalue weighted by molar-refractivity contribution is 5.58. The van der Waals surface area contributed by atoms with Crippen LogP contribution in [0.2, 0.25) is 0 Å². The average molecular weight is 188 g/mol. The Hall–Kier alpha value is -1.50. The highest BCUT2D eigenvalue weighted by atomic mass is 16.5. The molecule has 0 fully saturated rings. The molecule has 0 N–H and O–H groups in total. The van der Waals surface area contributed by atoms with Crippen LogP contribution in [0, 0.1) is 6.92 Å². The zero-order valence-corrected chi connectivity index (χ0v) is 9.00. The van der Waals surface area contributed by atoms with E-state index in [-0.39, 0.29) is 0 Å². The second-order valence-corrected chi connectivity index (χ2v) is 3.29. The Bertz CT molecular complexity index is 344. The van der Waals surface area contributed by atoms with E-state index in [0.717, 1.165) is 11.3 Å². The highest BCUT2D eigenvalue weighted by Crippen LogP contribution is 2.17. The Labute approximate surface area is 85.7 Å². The summed E-state index contributed by atoms with van der Waals surface area (Å²) in [7, 11) is 0. The van der Waals surface area contributed by atoms with Gasteiger partial charge in [-0.25, -0.2) is 0 Å². The Kier molecular flexibility index (Phi) is 3.52. The van der Waals surface area contributed by atoms with Crippen LogP contribution >= 0.6 is 0 Å². The van der Waals surface area contributed by atoms with Crippen molar-refractivity contribution in [2.75, 3.05) is 0 Å². The van der Waals surface area contributed by atoms with Gasteiger partial charge in [0.15, 0.2) is 0 Å². The summed E-state index contributed by atoms with van der Waals surface area (Å²) in [5, 5.41) is 0. The molecular weight excluding hydrogens is 172 g/mol. The lowest BCUT2D eigenvalue weighted by Gasteiger charge is -2.08. The molecule has 74 valence electrons. The van der Waals surface area contributed by atoms with Gasteiger partial charge in [0, 0.05) is 5.56 Å². The van der Waals surface area contributed by atoms with E-state index in [1.807, 2.05) is 32.1 Å². The molecule has 0 amide bonds. The second kappa shape index (κ2) is 4.66. The summed E-state index contributed by atoms with van der Waals surface area (Å²) >= 11 is 0. The summed E-state index contributed by atoms with van der Waals surface area (Å²) in [5.41, 5.74) is 2.26. The third-order valence-corrected chi connectivity index (χ3v) is 2.06. The third kappa shape index (κ3) is 2.77. The normalized spacial score (nSPS) is 11.2. The van der Waals surface area contributed by atoms with Gasteiger partial charge in [0.2, 0.25) is 0 Å². The van der Waals surface area contributed by atoms with Gasteiger partial charge in [-0.1, -0.05) is 36.4 Å². The van der Waals surface area contributed by atoms with Gasteiger partial charge < -0.3 is 4.74 Å². The quantitative estimate of drug-likeness (QED) is 0.653. The van der Waals surface area contributed by atoms with Gasteiger partial charge in [0.05, 0.1) is 5.76 Å². The van der Waals surface area contributed by atoms with Gasteiger partial charge in [-0.2, -0.15) is 0 Å². The first kappa shape index (κ1) is 10.6. The van der Waals surface area contributed by atoms with Crippen LogP contribution in [0.25, 0.3) is 5.76 Å².